The lowest BCUT2D eigenvalue weighted by Crippen LogP contribution is -2.43. The molecule has 1 amide bonds. The van der Waals surface area contributed by atoms with Crippen molar-refractivity contribution in [2.24, 2.45) is 0 Å². The summed E-state index contributed by atoms with van der Waals surface area (Å²) in [6, 6.07) is 10.7. The Hall–Kier alpha value is -2.73. The number of amides is 1. The van der Waals surface area contributed by atoms with Crippen molar-refractivity contribution >= 4 is 12.0 Å². The molecule has 0 radical (unpaired) electrons. The van der Waals surface area contributed by atoms with Gasteiger partial charge in [-0.25, -0.2) is 4.98 Å². The maximum atomic E-state index is 12.6. The number of morpholine rings is 1. The van der Waals surface area contributed by atoms with Crippen molar-refractivity contribution in [3.8, 4) is 0 Å². The summed E-state index contributed by atoms with van der Waals surface area (Å²) in [5.41, 5.74) is 1.29. The molecule has 1 aromatic carbocycles. The average molecular weight is 325 g/mol. The summed E-state index contributed by atoms with van der Waals surface area (Å²) in [6.07, 6.45) is 3.33. The van der Waals surface area contributed by atoms with Crippen molar-refractivity contribution in [3.63, 3.8) is 0 Å². The lowest BCUT2D eigenvalue weighted by Gasteiger charge is -2.34. The van der Waals surface area contributed by atoms with E-state index in [0.717, 1.165) is 5.56 Å². The molecule has 1 aliphatic heterocycles. The molecule has 1 aliphatic rings. The Morgan fingerprint density at radius 2 is 2.17 bits per heavy atom. The number of carbonyl (C=O) groups excluding carboxylic acids is 1. The molecular formula is C18H19N3O3. The smallest absolute Gasteiger partial charge is 0.251 e. The SMILES string of the molecule is Cc1nc([C@H]2COCCN2C(=O)/C=C/c2ccccc2)cc(=O)[nH]1. The number of hydrogen-bond acceptors (Lipinski definition) is 4. The quantitative estimate of drug-likeness (QED) is 0.872. The molecule has 0 bridgehead atoms. The molecule has 124 valence electrons. The number of H-pyrrole nitrogens is 1. The summed E-state index contributed by atoms with van der Waals surface area (Å²) < 4.78 is 5.49. The van der Waals surface area contributed by atoms with Gasteiger partial charge in [0.05, 0.1) is 24.9 Å². The molecule has 0 aliphatic carbocycles. The minimum absolute atomic E-state index is 0.119. The second-order valence-corrected chi connectivity index (χ2v) is 5.62. The average Bonchev–Trinajstić information content (AvgIpc) is 2.60. The van der Waals surface area contributed by atoms with Crippen LogP contribution in [0, 0.1) is 6.92 Å². The summed E-state index contributed by atoms with van der Waals surface area (Å²) in [4.78, 5) is 33.0. The third kappa shape index (κ3) is 3.78. The Morgan fingerprint density at radius 3 is 2.92 bits per heavy atom. The number of aromatic amines is 1. The Labute approximate surface area is 139 Å². The molecular weight excluding hydrogens is 306 g/mol. The summed E-state index contributed by atoms with van der Waals surface area (Å²) in [7, 11) is 0. The monoisotopic (exact) mass is 325 g/mol. The van der Waals surface area contributed by atoms with Gasteiger partial charge in [0.1, 0.15) is 5.82 Å². The first-order valence-corrected chi connectivity index (χ1v) is 7.83. The van der Waals surface area contributed by atoms with E-state index < -0.39 is 0 Å². The standard InChI is InChI=1S/C18H19N3O3/c1-13-19-15(11-17(22)20-13)16-12-24-10-9-21(16)18(23)8-7-14-5-3-2-4-6-14/h2-8,11,16H,9-10,12H2,1H3,(H,19,20,22)/b8-7+/t16-/m1/s1. The lowest BCUT2D eigenvalue weighted by atomic mass is 10.1. The van der Waals surface area contributed by atoms with Crippen molar-refractivity contribution in [2.45, 2.75) is 13.0 Å². The van der Waals surface area contributed by atoms with Crippen molar-refractivity contribution < 1.29 is 9.53 Å². The first-order valence-electron chi connectivity index (χ1n) is 7.83. The molecule has 6 heteroatoms. The van der Waals surface area contributed by atoms with Gasteiger partial charge in [0.25, 0.3) is 5.56 Å². The lowest BCUT2D eigenvalue weighted by molar-refractivity contribution is -0.134. The molecule has 2 heterocycles. The summed E-state index contributed by atoms with van der Waals surface area (Å²) in [5, 5.41) is 0. The van der Waals surface area contributed by atoms with Gasteiger partial charge in [-0.05, 0) is 18.6 Å². The molecule has 0 unspecified atom stereocenters. The number of ether oxygens (including phenoxy) is 1. The van der Waals surface area contributed by atoms with Gasteiger partial charge in [-0.2, -0.15) is 0 Å². The Bertz CT molecular complexity index is 799. The van der Waals surface area contributed by atoms with Gasteiger partial charge in [0, 0.05) is 18.7 Å². The number of rotatable bonds is 3. The van der Waals surface area contributed by atoms with Crippen LogP contribution in [0.3, 0.4) is 0 Å². The van der Waals surface area contributed by atoms with Gasteiger partial charge in [-0.15, -0.1) is 0 Å². The van der Waals surface area contributed by atoms with Crippen LogP contribution in [-0.4, -0.2) is 40.5 Å². The third-order valence-electron chi connectivity index (χ3n) is 3.85. The maximum absolute atomic E-state index is 12.6. The highest BCUT2D eigenvalue weighted by Gasteiger charge is 2.29. The summed E-state index contributed by atoms with van der Waals surface area (Å²) in [5.74, 6) is 0.405. The molecule has 1 aromatic heterocycles. The topological polar surface area (TPSA) is 75.3 Å². The molecule has 1 atom stereocenters. The second kappa shape index (κ2) is 7.23. The maximum Gasteiger partial charge on any atom is 0.251 e. The van der Waals surface area contributed by atoms with Gasteiger partial charge in [-0.1, -0.05) is 30.3 Å². The molecule has 0 spiro atoms. The molecule has 2 aromatic rings. The minimum Gasteiger partial charge on any atom is -0.377 e. The third-order valence-corrected chi connectivity index (χ3v) is 3.85. The first kappa shape index (κ1) is 16.1. The van der Waals surface area contributed by atoms with Crippen LogP contribution in [0.1, 0.15) is 23.1 Å². The Morgan fingerprint density at radius 1 is 1.38 bits per heavy atom. The number of carbonyl (C=O) groups is 1. The van der Waals surface area contributed by atoms with Crippen LogP contribution in [0.5, 0.6) is 0 Å². The zero-order chi connectivity index (χ0) is 16.9. The zero-order valence-corrected chi connectivity index (χ0v) is 13.4. The normalized spacial score (nSPS) is 18.0. The van der Waals surface area contributed by atoms with Gasteiger partial charge in [0.2, 0.25) is 5.91 Å². The highest BCUT2D eigenvalue weighted by Crippen LogP contribution is 2.22. The van der Waals surface area contributed by atoms with Crippen molar-refractivity contribution in [1.29, 1.82) is 0 Å². The van der Waals surface area contributed by atoms with Crippen molar-refractivity contribution in [2.75, 3.05) is 19.8 Å². The summed E-state index contributed by atoms with van der Waals surface area (Å²) >= 11 is 0. The van der Waals surface area contributed by atoms with E-state index in [4.69, 9.17) is 4.74 Å². The number of aromatic nitrogens is 2. The van der Waals surface area contributed by atoms with E-state index >= 15 is 0 Å². The van der Waals surface area contributed by atoms with Crippen LogP contribution in [-0.2, 0) is 9.53 Å². The largest absolute Gasteiger partial charge is 0.377 e. The van der Waals surface area contributed by atoms with Crippen molar-refractivity contribution in [1.82, 2.24) is 14.9 Å². The second-order valence-electron chi connectivity index (χ2n) is 5.62. The van der Waals surface area contributed by atoms with Gasteiger partial charge in [0.15, 0.2) is 0 Å². The van der Waals surface area contributed by atoms with E-state index in [9.17, 15) is 9.59 Å². The summed E-state index contributed by atoms with van der Waals surface area (Å²) in [6.45, 7) is 3.00. The van der Waals surface area contributed by atoms with E-state index in [2.05, 4.69) is 9.97 Å². The molecule has 3 rings (SSSR count). The fourth-order valence-electron chi connectivity index (χ4n) is 2.71. The Kier molecular flexibility index (Phi) is 4.86. The van der Waals surface area contributed by atoms with Gasteiger partial charge >= 0.3 is 0 Å². The predicted molar refractivity (Wildman–Crippen MR) is 90.3 cm³/mol. The van der Waals surface area contributed by atoms with Gasteiger partial charge in [-0.3, -0.25) is 9.59 Å². The predicted octanol–water partition coefficient (Wildman–Crippen LogP) is 1.69. The number of nitrogens with one attached hydrogen (secondary N) is 1. The highest BCUT2D eigenvalue weighted by molar-refractivity contribution is 5.92. The number of aryl methyl sites for hydroxylation is 1. The Balaban J connectivity index is 1.82. The van der Waals surface area contributed by atoms with Crippen molar-refractivity contribution in [3.05, 3.63) is 69.9 Å². The molecule has 1 N–H and O–H groups in total. The van der Waals surface area contributed by atoms with Crippen LogP contribution >= 0.6 is 0 Å². The van der Waals surface area contributed by atoms with E-state index in [1.807, 2.05) is 30.3 Å². The number of hydrogen-bond donors (Lipinski definition) is 1. The molecule has 0 saturated carbocycles. The van der Waals surface area contributed by atoms with E-state index in [0.29, 0.717) is 31.3 Å². The fraction of sp³-hybridized carbons (Fsp3) is 0.278. The number of benzene rings is 1. The van der Waals surface area contributed by atoms with Crippen LogP contribution < -0.4 is 5.56 Å². The van der Waals surface area contributed by atoms with Crippen LogP contribution in [0.25, 0.3) is 6.08 Å². The molecule has 6 nitrogen and oxygen atoms in total. The number of nitrogens with zero attached hydrogens (tertiary/aromatic N) is 2. The van der Waals surface area contributed by atoms with Crippen LogP contribution in [0.2, 0.25) is 0 Å². The molecule has 1 saturated heterocycles. The fourth-order valence-corrected chi connectivity index (χ4v) is 2.71. The molecule has 24 heavy (non-hydrogen) atoms. The highest BCUT2D eigenvalue weighted by atomic mass is 16.5. The van der Waals surface area contributed by atoms with Gasteiger partial charge < -0.3 is 14.6 Å². The van der Waals surface area contributed by atoms with E-state index in [1.54, 1.807) is 24.0 Å². The van der Waals surface area contributed by atoms with E-state index in [-0.39, 0.29) is 17.5 Å². The zero-order valence-electron chi connectivity index (χ0n) is 13.4. The first-order chi connectivity index (χ1) is 11.6. The molecule has 1 fully saturated rings. The minimum atomic E-state index is -0.354. The van der Waals surface area contributed by atoms with Crippen LogP contribution in [0.15, 0.2) is 47.3 Å². The van der Waals surface area contributed by atoms with Crippen LogP contribution in [0.4, 0.5) is 0 Å². The van der Waals surface area contributed by atoms with E-state index in [1.165, 1.54) is 6.07 Å².